The normalized spacial score (nSPS) is 17.5. The number of halogens is 1. The first kappa shape index (κ1) is 14.9. The molecule has 3 aromatic rings. The van der Waals surface area contributed by atoms with Crippen molar-refractivity contribution in [1.29, 1.82) is 0 Å². The molecule has 1 saturated heterocycles. The molecule has 0 aliphatic carbocycles. The van der Waals surface area contributed by atoms with Gasteiger partial charge in [0.05, 0.1) is 12.5 Å². The Kier molecular flexibility index (Phi) is 3.76. The average Bonchev–Trinajstić information content (AvgIpc) is 3.25. The number of nitrogens with zero attached hydrogens (tertiary/aromatic N) is 3. The molecule has 2 aromatic heterocycles. The van der Waals surface area contributed by atoms with Gasteiger partial charge in [-0.1, -0.05) is 18.2 Å². The maximum atomic E-state index is 13.0. The molecule has 0 saturated carbocycles. The van der Waals surface area contributed by atoms with Crippen molar-refractivity contribution in [3.05, 3.63) is 71.9 Å². The standard InChI is InChI=1S/C19H18FN3O/c20-15-8-6-14(7-9-15)13-19(24)23-11-2-4-17(23)16-3-1-5-18-21-10-12-22(16)18/h1,3,5-10,12,17H,2,4,11,13H2. The fraction of sp³-hybridized carbons (Fsp3) is 0.263. The van der Waals surface area contributed by atoms with Crippen LogP contribution >= 0.6 is 0 Å². The number of benzene rings is 1. The van der Waals surface area contributed by atoms with Crippen LogP contribution in [0, 0.1) is 5.82 Å². The van der Waals surface area contributed by atoms with Crippen LogP contribution in [0.2, 0.25) is 0 Å². The summed E-state index contributed by atoms with van der Waals surface area (Å²) in [4.78, 5) is 19.0. The number of carbonyl (C=O) groups excluding carboxylic acids is 1. The second kappa shape index (κ2) is 6.07. The van der Waals surface area contributed by atoms with E-state index in [-0.39, 0.29) is 17.8 Å². The van der Waals surface area contributed by atoms with E-state index < -0.39 is 0 Å². The van der Waals surface area contributed by atoms with Gasteiger partial charge in [-0.15, -0.1) is 0 Å². The number of rotatable bonds is 3. The smallest absolute Gasteiger partial charge is 0.227 e. The Balaban J connectivity index is 1.59. The molecule has 0 radical (unpaired) electrons. The van der Waals surface area contributed by atoms with Crippen LogP contribution in [0.25, 0.3) is 5.65 Å². The molecule has 1 fully saturated rings. The monoisotopic (exact) mass is 323 g/mol. The summed E-state index contributed by atoms with van der Waals surface area (Å²) in [5, 5.41) is 0. The van der Waals surface area contributed by atoms with Gasteiger partial charge in [0.2, 0.25) is 5.91 Å². The van der Waals surface area contributed by atoms with Crippen LogP contribution in [-0.4, -0.2) is 26.7 Å². The van der Waals surface area contributed by atoms with Crippen molar-refractivity contribution in [2.75, 3.05) is 6.54 Å². The molecule has 1 unspecified atom stereocenters. The molecule has 1 atom stereocenters. The molecule has 0 bridgehead atoms. The van der Waals surface area contributed by atoms with Gasteiger partial charge in [-0.2, -0.15) is 0 Å². The first-order valence-corrected chi connectivity index (χ1v) is 8.18. The van der Waals surface area contributed by atoms with Crippen LogP contribution in [0.5, 0.6) is 0 Å². The summed E-state index contributed by atoms with van der Waals surface area (Å²) in [6, 6.07) is 12.2. The van der Waals surface area contributed by atoms with Crippen LogP contribution in [-0.2, 0) is 11.2 Å². The zero-order chi connectivity index (χ0) is 16.5. The average molecular weight is 323 g/mol. The minimum Gasteiger partial charge on any atom is -0.334 e. The SMILES string of the molecule is O=C(Cc1ccc(F)cc1)N1CCCC1c1cccc2nccn12. The highest BCUT2D eigenvalue weighted by atomic mass is 19.1. The fourth-order valence-corrected chi connectivity index (χ4v) is 3.49. The number of amides is 1. The first-order valence-electron chi connectivity index (χ1n) is 8.18. The van der Waals surface area contributed by atoms with Crippen molar-refractivity contribution in [3.63, 3.8) is 0 Å². The number of fused-ring (bicyclic) bond motifs is 1. The Morgan fingerprint density at radius 2 is 2.04 bits per heavy atom. The molecule has 24 heavy (non-hydrogen) atoms. The lowest BCUT2D eigenvalue weighted by Gasteiger charge is -2.26. The number of imidazole rings is 1. The highest BCUT2D eigenvalue weighted by Gasteiger charge is 2.31. The molecule has 1 aromatic carbocycles. The summed E-state index contributed by atoms with van der Waals surface area (Å²) in [7, 11) is 0. The van der Waals surface area contributed by atoms with Crippen LogP contribution in [0.3, 0.4) is 0 Å². The molecule has 4 nitrogen and oxygen atoms in total. The van der Waals surface area contributed by atoms with Crippen molar-refractivity contribution in [1.82, 2.24) is 14.3 Å². The zero-order valence-corrected chi connectivity index (χ0v) is 13.2. The van der Waals surface area contributed by atoms with E-state index in [0.717, 1.165) is 36.3 Å². The number of hydrogen-bond acceptors (Lipinski definition) is 2. The van der Waals surface area contributed by atoms with Crippen molar-refractivity contribution >= 4 is 11.6 Å². The third kappa shape index (κ3) is 2.66. The van der Waals surface area contributed by atoms with Gasteiger partial charge >= 0.3 is 0 Å². The first-order chi connectivity index (χ1) is 11.7. The van der Waals surface area contributed by atoms with E-state index >= 15 is 0 Å². The topological polar surface area (TPSA) is 37.6 Å². The highest BCUT2D eigenvalue weighted by molar-refractivity contribution is 5.79. The molecule has 122 valence electrons. The summed E-state index contributed by atoms with van der Waals surface area (Å²) in [6.45, 7) is 0.760. The number of hydrogen-bond donors (Lipinski definition) is 0. The van der Waals surface area contributed by atoms with E-state index in [4.69, 9.17) is 0 Å². The lowest BCUT2D eigenvalue weighted by atomic mass is 10.1. The van der Waals surface area contributed by atoms with Gasteiger partial charge in [-0.25, -0.2) is 9.37 Å². The van der Waals surface area contributed by atoms with Gasteiger partial charge in [0, 0.05) is 24.6 Å². The van der Waals surface area contributed by atoms with Crippen LogP contribution in [0.15, 0.2) is 54.9 Å². The summed E-state index contributed by atoms with van der Waals surface area (Å²) in [5.41, 5.74) is 2.83. The predicted octanol–water partition coefficient (Wildman–Crippen LogP) is 3.38. The third-order valence-electron chi connectivity index (χ3n) is 4.64. The molecule has 1 aliphatic heterocycles. The Morgan fingerprint density at radius 3 is 2.88 bits per heavy atom. The van der Waals surface area contributed by atoms with Gasteiger partial charge in [0.15, 0.2) is 0 Å². The summed E-state index contributed by atoms with van der Waals surface area (Å²) in [6.07, 6.45) is 5.96. The summed E-state index contributed by atoms with van der Waals surface area (Å²) < 4.78 is 15.1. The predicted molar refractivity (Wildman–Crippen MR) is 89.0 cm³/mol. The van der Waals surface area contributed by atoms with E-state index in [9.17, 15) is 9.18 Å². The van der Waals surface area contributed by atoms with Crippen LogP contribution in [0.4, 0.5) is 4.39 Å². The fourth-order valence-electron chi connectivity index (χ4n) is 3.49. The van der Waals surface area contributed by atoms with E-state index in [1.165, 1.54) is 12.1 Å². The van der Waals surface area contributed by atoms with Gasteiger partial charge in [-0.3, -0.25) is 4.79 Å². The largest absolute Gasteiger partial charge is 0.334 e. The van der Waals surface area contributed by atoms with Gasteiger partial charge in [0.25, 0.3) is 0 Å². The van der Waals surface area contributed by atoms with E-state index in [2.05, 4.69) is 11.1 Å². The van der Waals surface area contributed by atoms with Crippen molar-refractivity contribution < 1.29 is 9.18 Å². The van der Waals surface area contributed by atoms with Crippen molar-refractivity contribution in [2.24, 2.45) is 0 Å². The molecule has 0 spiro atoms. The highest BCUT2D eigenvalue weighted by Crippen LogP contribution is 2.32. The molecular formula is C19H18FN3O. The maximum absolute atomic E-state index is 13.0. The van der Waals surface area contributed by atoms with Gasteiger partial charge in [-0.05, 0) is 42.7 Å². The quantitative estimate of drug-likeness (QED) is 0.741. The van der Waals surface area contributed by atoms with Crippen LogP contribution in [0.1, 0.15) is 30.1 Å². The Bertz CT molecular complexity index is 872. The van der Waals surface area contributed by atoms with E-state index in [1.54, 1.807) is 18.3 Å². The Hall–Kier alpha value is -2.69. The minimum atomic E-state index is -0.281. The second-order valence-corrected chi connectivity index (χ2v) is 6.15. The minimum absolute atomic E-state index is 0.0656. The molecule has 3 heterocycles. The summed E-state index contributed by atoms with van der Waals surface area (Å²) in [5.74, 6) is -0.196. The van der Waals surface area contributed by atoms with E-state index in [1.807, 2.05) is 27.6 Å². The van der Waals surface area contributed by atoms with Gasteiger partial charge < -0.3 is 9.30 Å². The number of carbonyl (C=O) groups is 1. The summed E-state index contributed by atoms with van der Waals surface area (Å²) >= 11 is 0. The second-order valence-electron chi connectivity index (χ2n) is 6.15. The molecule has 0 N–H and O–H groups in total. The Morgan fingerprint density at radius 1 is 1.21 bits per heavy atom. The molecule has 1 aliphatic rings. The molecule has 5 heteroatoms. The molecule has 4 rings (SSSR count). The lowest BCUT2D eigenvalue weighted by Crippen LogP contribution is -2.32. The number of pyridine rings is 1. The number of aromatic nitrogens is 2. The van der Waals surface area contributed by atoms with Crippen molar-refractivity contribution in [2.45, 2.75) is 25.3 Å². The van der Waals surface area contributed by atoms with Crippen LogP contribution < -0.4 is 0 Å². The zero-order valence-electron chi connectivity index (χ0n) is 13.2. The number of likely N-dealkylation sites (tertiary alicyclic amines) is 1. The molecule has 1 amide bonds. The maximum Gasteiger partial charge on any atom is 0.227 e. The van der Waals surface area contributed by atoms with Gasteiger partial charge in [0.1, 0.15) is 11.5 Å². The van der Waals surface area contributed by atoms with Crippen molar-refractivity contribution in [3.8, 4) is 0 Å². The Labute approximate surface area is 139 Å². The lowest BCUT2D eigenvalue weighted by molar-refractivity contribution is -0.131. The third-order valence-corrected chi connectivity index (χ3v) is 4.64. The van der Waals surface area contributed by atoms with E-state index in [0.29, 0.717) is 6.42 Å². The molecular weight excluding hydrogens is 305 g/mol.